The Balaban J connectivity index is 2.08. The Bertz CT molecular complexity index is 774. The average molecular weight is 359 g/mol. The zero-order chi connectivity index (χ0) is 19.5. The summed E-state index contributed by atoms with van der Waals surface area (Å²) in [6.07, 6.45) is 1.31. The van der Waals surface area contributed by atoms with Gasteiger partial charge < -0.3 is 20.4 Å². The van der Waals surface area contributed by atoms with Crippen molar-refractivity contribution in [1.29, 1.82) is 0 Å². The molecule has 0 aliphatic carbocycles. The number of hydrogen-bond acceptors (Lipinski definition) is 3. The molecule has 2 rings (SSSR count). The number of aromatic amines is 1. The molecule has 1 unspecified atom stereocenters. The maximum Gasteiger partial charge on any atom is 0.408 e. The number of rotatable bonds is 5. The molecule has 0 spiro atoms. The molecule has 1 aromatic carbocycles. The number of H-pyrrole nitrogens is 1. The number of amides is 2. The monoisotopic (exact) mass is 359 g/mol. The van der Waals surface area contributed by atoms with E-state index in [1.165, 1.54) is 0 Å². The molecular weight excluding hydrogens is 330 g/mol. The first-order chi connectivity index (χ1) is 12.1. The molecule has 0 saturated carbocycles. The molecule has 142 valence electrons. The average Bonchev–Trinajstić information content (AvgIpc) is 2.94. The minimum Gasteiger partial charge on any atom is -0.444 e. The standard InChI is InChI=1S/C20H29N3O3/c1-12(2)17(23-19(25)26-20(4,5)6)18(24)22-13(3)15-11-21-16-10-8-7-9-14(15)16/h7-13,17,21H,1-6H3,(H,22,24)(H,23,25)/t13?,17-/m0/s1. The minimum absolute atomic E-state index is 0.0716. The summed E-state index contributed by atoms with van der Waals surface area (Å²) >= 11 is 0. The van der Waals surface area contributed by atoms with Crippen LogP contribution in [0, 0.1) is 5.92 Å². The zero-order valence-electron chi connectivity index (χ0n) is 16.3. The molecule has 1 aromatic heterocycles. The van der Waals surface area contributed by atoms with Gasteiger partial charge in [0.2, 0.25) is 5.91 Å². The van der Waals surface area contributed by atoms with Crippen LogP contribution < -0.4 is 10.6 Å². The molecule has 0 aliphatic heterocycles. The number of ether oxygens (including phenoxy) is 1. The van der Waals surface area contributed by atoms with Gasteiger partial charge in [-0.15, -0.1) is 0 Å². The fourth-order valence-electron chi connectivity index (χ4n) is 2.80. The van der Waals surface area contributed by atoms with Crippen molar-refractivity contribution in [2.24, 2.45) is 5.92 Å². The van der Waals surface area contributed by atoms with Crippen molar-refractivity contribution >= 4 is 22.9 Å². The summed E-state index contributed by atoms with van der Waals surface area (Å²) in [5, 5.41) is 6.75. The fourth-order valence-corrected chi connectivity index (χ4v) is 2.80. The molecule has 26 heavy (non-hydrogen) atoms. The summed E-state index contributed by atoms with van der Waals surface area (Å²) in [6, 6.07) is 7.08. The van der Waals surface area contributed by atoms with Crippen molar-refractivity contribution in [3.8, 4) is 0 Å². The maximum atomic E-state index is 12.7. The van der Waals surface area contributed by atoms with Crippen LogP contribution in [-0.4, -0.2) is 28.6 Å². The van der Waals surface area contributed by atoms with Crippen molar-refractivity contribution in [2.45, 2.75) is 59.2 Å². The van der Waals surface area contributed by atoms with Gasteiger partial charge in [0, 0.05) is 17.1 Å². The second-order valence-corrected chi connectivity index (χ2v) is 7.89. The van der Waals surface area contributed by atoms with E-state index in [-0.39, 0.29) is 17.9 Å². The Morgan fingerprint density at radius 1 is 1.08 bits per heavy atom. The number of alkyl carbamates (subject to hydrolysis) is 1. The molecular formula is C20H29N3O3. The molecule has 3 N–H and O–H groups in total. The first-order valence-corrected chi connectivity index (χ1v) is 8.94. The van der Waals surface area contributed by atoms with E-state index < -0.39 is 17.7 Å². The number of benzene rings is 1. The number of carbonyl (C=O) groups excluding carboxylic acids is 2. The normalized spacial score (nSPS) is 14.1. The molecule has 1 heterocycles. The van der Waals surface area contributed by atoms with Crippen molar-refractivity contribution in [1.82, 2.24) is 15.6 Å². The topological polar surface area (TPSA) is 83.2 Å². The van der Waals surface area contributed by atoms with Crippen LogP contribution in [0.15, 0.2) is 30.5 Å². The first-order valence-electron chi connectivity index (χ1n) is 8.94. The Hall–Kier alpha value is -2.50. The molecule has 2 amide bonds. The van der Waals surface area contributed by atoms with Crippen molar-refractivity contribution in [3.05, 3.63) is 36.0 Å². The molecule has 0 radical (unpaired) electrons. The van der Waals surface area contributed by atoms with Crippen molar-refractivity contribution in [3.63, 3.8) is 0 Å². The molecule has 2 atom stereocenters. The summed E-state index contributed by atoms with van der Waals surface area (Å²) in [6.45, 7) is 11.1. The highest BCUT2D eigenvalue weighted by Crippen LogP contribution is 2.24. The largest absolute Gasteiger partial charge is 0.444 e. The van der Waals surface area contributed by atoms with Gasteiger partial charge in [-0.2, -0.15) is 0 Å². The third kappa shape index (κ3) is 5.00. The summed E-state index contributed by atoms with van der Waals surface area (Å²) in [7, 11) is 0. The quantitative estimate of drug-likeness (QED) is 0.757. The maximum absolute atomic E-state index is 12.7. The number of carbonyl (C=O) groups is 2. The summed E-state index contributed by atoms with van der Waals surface area (Å²) in [5.41, 5.74) is 1.42. The minimum atomic E-state index is -0.669. The van der Waals surface area contributed by atoms with Crippen LogP contribution in [0.25, 0.3) is 10.9 Å². The van der Waals surface area contributed by atoms with Gasteiger partial charge >= 0.3 is 6.09 Å². The van der Waals surface area contributed by atoms with E-state index in [2.05, 4.69) is 15.6 Å². The molecule has 6 nitrogen and oxygen atoms in total. The molecule has 6 heteroatoms. The van der Waals surface area contributed by atoms with Crippen molar-refractivity contribution in [2.75, 3.05) is 0 Å². The van der Waals surface area contributed by atoms with Gasteiger partial charge in [-0.1, -0.05) is 32.0 Å². The van der Waals surface area contributed by atoms with Crippen LogP contribution >= 0.6 is 0 Å². The van der Waals surface area contributed by atoms with Gasteiger partial charge in [-0.25, -0.2) is 4.79 Å². The molecule has 0 fully saturated rings. The summed E-state index contributed by atoms with van der Waals surface area (Å²) < 4.78 is 5.27. The van der Waals surface area contributed by atoms with Crippen LogP contribution in [0.1, 0.15) is 53.1 Å². The second kappa shape index (κ2) is 7.81. The van der Waals surface area contributed by atoms with Gasteiger partial charge in [-0.05, 0) is 45.2 Å². The number of fused-ring (bicyclic) bond motifs is 1. The van der Waals surface area contributed by atoms with E-state index in [9.17, 15) is 9.59 Å². The molecule has 2 aromatic rings. The van der Waals surface area contributed by atoms with Gasteiger partial charge in [0.15, 0.2) is 0 Å². The predicted octanol–water partition coefficient (Wildman–Crippen LogP) is 3.89. The number of hydrogen-bond donors (Lipinski definition) is 3. The number of nitrogens with one attached hydrogen (secondary N) is 3. The lowest BCUT2D eigenvalue weighted by Crippen LogP contribution is -2.51. The molecule has 0 saturated heterocycles. The smallest absolute Gasteiger partial charge is 0.408 e. The van der Waals surface area contributed by atoms with Gasteiger partial charge in [0.1, 0.15) is 11.6 Å². The predicted molar refractivity (Wildman–Crippen MR) is 103 cm³/mol. The SMILES string of the molecule is CC(NC(=O)[C@@H](NC(=O)OC(C)(C)C)C(C)C)c1c[nH]c2ccccc12. The van der Waals surface area contributed by atoms with Gasteiger partial charge in [0.05, 0.1) is 6.04 Å². The van der Waals surface area contributed by atoms with Crippen LogP contribution in [0.4, 0.5) is 4.79 Å². The second-order valence-electron chi connectivity index (χ2n) is 7.89. The van der Waals surface area contributed by atoms with E-state index in [0.717, 1.165) is 16.5 Å². The highest BCUT2D eigenvalue weighted by Gasteiger charge is 2.28. The van der Waals surface area contributed by atoms with Crippen LogP contribution in [0.5, 0.6) is 0 Å². The Morgan fingerprint density at radius 2 is 1.73 bits per heavy atom. The Kier molecular flexibility index (Phi) is 5.95. The Labute approximate surface area is 154 Å². The van der Waals surface area contributed by atoms with E-state index in [0.29, 0.717) is 0 Å². The van der Waals surface area contributed by atoms with E-state index >= 15 is 0 Å². The highest BCUT2D eigenvalue weighted by molar-refractivity contribution is 5.88. The number of para-hydroxylation sites is 1. The van der Waals surface area contributed by atoms with E-state index in [4.69, 9.17) is 4.74 Å². The van der Waals surface area contributed by atoms with Gasteiger partial charge in [-0.3, -0.25) is 4.79 Å². The number of aromatic nitrogens is 1. The zero-order valence-corrected chi connectivity index (χ0v) is 16.3. The summed E-state index contributed by atoms with van der Waals surface area (Å²) in [4.78, 5) is 28.0. The van der Waals surface area contributed by atoms with Crippen molar-refractivity contribution < 1.29 is 14.3 Å². The van der Waals surface area contributed by atoms with Gasteiger partial charge in [0.25, 0.3) is 0 Å². The highest BCUT2D eigenvalue weighted by atomic mass is 16.6. The summed E-state index contributed by atoms with van der Waals surface area (Å²) in [5.74, 6) is -0.304. The van der Waals surface area contributed by atoms with E-state index in [1.807, 2.05) is 51.2 Å². The fraction of sp³-hybridized carbons (Fsp3) is 0.500. The van der Waals surface area contributed by atoms with E-state index in [1.54, 1.807) is 20.8 Å². The lowest BCUT2D eigenvalue weighted by atomic mass is 10.0. The lowest BCUT2D eigenvalue weighted by Gasteiger charge is -2.26. The van der Waals surface area contributed by atoms with Crippen LogP contribution in [0.2, 0.25) is 0 Å². The third-order valence-electron chi connectivity index (χ3n) is 4.07. The van der Waals surface area contributed by atoms with Crippen LogP contribution in [-0.2, 0) is 9.53 Å². The van der Waals surface area contributed by atoms with Crippen LogP contribution in [0.3, 0.4) is 0 Å². The third-order valence-corrected chi connectivity index (χ3v) is 4.07. The molecule has 0 aliphatic rings. The Morgan fingerprint density at radius 3 is 2.35 bits per heavy atom. The first kappa shape index (κ1) is 19.8. The lowest BCUT2D eigenvalue weighted by molar-refractivity contribution is -0.124. The molecule has 0 bridgehead atoms.